The molecule has 2 rings (SSSR count). The van der Waals surface area contributed by atoms with Crippen LogP contribution in [0.25, 0.3) is 11.0 Å². The monoisotopic (exact) mass is 343 g/mol. The maximum Gasteiger partial charge on any atom is 0.325 e. The number of hydrogen-bond donors (Lipinski definition) is 3. The highest BCUT2D eigenvalue weighted by Gasteiger charge is 2.14. The third kappa shape index (κ3) is 4.13. The van der Waals surface area contributed by atoms with Gasteiger partial charge in [-0.2, -0.15) is 0 Å². The van der Waals surface area contributed by atoms with Gasteiger partial charge in [0.2, 0.25) is 0 Å². The number of aromatic amines is 1. The Kier molecular flexibility index (Phi) is 4.79. The summed E-state index contributed by atoms with van der Waals surface area (Å²) < 4.78 is 11.9. The Bertz CT molecular complexity index is 911. The van der Waals surface area contributed by atoms with Crippen molar-refractivity contribution in [2.75, 3.05) is 6.16 Å². The molecule has 0 amide bonds. The summed E-state index contributed by atoms with van der Waals surface area (Å²) in [5, 5.41) is 10.8. The number of hydrogen-bond acceptors (Lipinski definition) is 5. The number of H-pyrrole nitrogens is 1. The molecule has 0 bridgehead atoms. The van der Waals surface area contributed by atoms with Crippen LogP contribution in [0.2, 0.25) is 0 Å². The molecule has 1 heterocycles. The van der Waals surface area contributed by atoms with Crippen molar-refractivity contribution in [1.82, 2.24) is 9.55 Å². The van der Waals surface area contributed by atoms with Gasteiger partial charge in [-0.05, 0) is 18.9 Å². The summed E-state index contributed by atoms with van der Waals surface area (Å²) in [6.07, 6.45) is 0.146. The first-order valence-corrected chi connectivity index (χ1v) is 8.44. The smallest absolute Gasteiger partial charge is 0.324 e. The molecule has 2 aromatic rings. The molecular formula is C12H14N3O7P. The van der Waals surface area contributed by atoms with Gasteiger partial charge in [0, 0.05) is 24.8 Å². The van der Waals surface area contributed by atoms with Crippen LogP contribution in [-0.4, -0.2) is 30.4 Å². The second kappa shape index (κ2) is 6.45. The maximum absolute atomic E-state index is 11.9. The summed E-state index contributed by atoms with van der Waals surface area (Å²) in [4.78, 5) is 53.6. The highest BCUT2D eigenvalue weighted by atomic mass is 31.2. The Balaban J connectivity index is 2.36. The van der Waals surface area contributed by atoms with Crippen LogP contribution in [0.3, 0.4) is 0 Å². The van der Waals surface area contributed by atoms with E-state index in [0.717, 1.165) is 10.6 Å². The van der Waals surface area contributed by atoms with E-state index >= 15 is 0 Å². The first kappa shape index (κ1) is 17.1. The second-order valence-electron chi connectivity index (χ2n) is 4.96. The molecule has 124 valence electrons. The summed E-state index contributed by atoms with van der Waals surface area (Å²) in [6, 6.07) is 3.72. The standard InChI is InChI=1S/C12H14N3O7P/c16-11-12(17)14(5-1-2-6-23(20,21)22)10-4-3-8(15(18)19)7-9(10)13-11/h3-4,7H,1-2,5-6H2,(H,13,16)(H2,20,21,22). The van der Waals surface area contributed by atoms with Gasteiger partial charge in [-0.25, -0.2) is 0 Å². The first-order valence-electron chi connectivity index (χ1n) is 6.65. The van der Waals surface area contributed by atoms with Crippen molar-refractivity contribution in [3.63, 3.8) is 0 Å². The second-order valence-corrected chi connectivity index (χ2v) is 6.74. The molecule has 23 heavy (non-hydrogen) atoms. The van der Waals surface area contributed by atoms with Crippen molar-refractivity contribution in [3.05, 3.63) is 49.0 Å². The Labute approximate surface area is 128 Å². The van der Waals surface area contributed by atoms with E-state index < -0.39 is 23.6 Å². The number of rotatable bonds is 6. The average Bonchev–Trinajstić information content (AvgIpc) is 2.45. The number of aryl methyl sites for hydroxylation is 1. The fourth-order valence-corrected chi connectivity index (χ4v) is 2.83. The maximum atomic E-state index is 11.9. The molecule has 0 atom stereocenters. The molecule has 0 spiro atoms. The van der Waals surface area contributed by atoms with Gasteiger partial charge in [-0.3, -0.25) is 24.3 Å². The lowest BCUT2D eigenvalue weighted by Crippen LogP contribution is -2.36. The molecule has 0 radical (unpaired) electrons. The summed E-state index contributed by atoms with van der Waals surface area (Å²) >= 11 is 0. The zero-order chi connectivity index (χ0) is 17.2. The summed E-state index contributed by atoms with van der Waals surface area (Å²) in [6.45, 7) is 0.0804. The van der Waals surface area contributed by atoms with Crippen LogP contribution in [0.5, 0.6) is 0 Å². The molecule has 0 saturated carbocycles. The van der Waals surface area contributed by atoms with Crippen molar-refractivity contribution in [2.24, 2.45) is 0 Å². The highest BCUT2D eigenvalue weighted by molar-refractivity contribution is 7.51. The SMILES string of the molecule is O=c1[nH]c2cc([N+](=O)[O-])ccc2n(CCCCP(=O)(O)O)c1=O. The zero-order valence-electron chi connectivity index (χ0n) is 11.8. The number of nitrogens with one attached hydrogen (secondary N) is 1. The molecule has 0 aliphatic heterocycles. The molecule has 11 heteroatoms. The number of nitro groups is 1. The predicted octanol–water partition coefficient (Wildman–Crippen LogP) is 0.556. The van der Waals surface area contributed by atoms with Gasteiger partial charge in [-0.1, -0.05) is 0 Å². The van der Waals surface area contributed by atoms with Crippen LogP contribution < -0.4 is 11.1 Å². The van der Waals surface area contributed by atoms with E-state index in [1.807, 2.05) is 0 Å². The lowest BCUT2D eigenvalue weighted by molar-refractivity contribution is -0.384. The van der Waals surface area contributed by atoms with Crippen molar-refractivity contribution >= 4 is 24.3 Å². The fraction of sp³-hybridized carbons (Fsp3) is 0.333. The van der Waals surface area contributed by atoms with Gasteiger partial charge < -0.3 is 19.3 Å². The molecule has 0 fully saturated rings. The highest BCUT2D eigenvalue weighted by Crippen LogP contribution is 2.35. The van der Waals surface area contributed by atoms with Crippen LogP contribution in [0.4, 0.5) is 5.69 Å². The van der Waals surface area contributed by atoms with Crippen LogP contribution in [-0.2, 0) is 11.1 Å². The predicted molar refractivity (Wildman–Crippen MR) is 81.6 cm³/mol. The minimum absolute atomic E-state index is 0.0804. The number of nitrogens with zero attached hydrogens (tertiary/aromatic N) is 2. The van der Waals surface area contributed by atoms with Crippen LogP contribution >= 0.6 is 7.60 Å². The van der Waals surface area contributed by atoms with E-state index in [9.17, 15) is 24.3 Å². The van der Waals surface area contributed by atoms with Crippen molar-refractivity contribution in [1.29, 1.82) is 0 Å². The Morgan fingerprint density at radius 3 is 2.57 bits per heavy atom. The van der Waals surface area contributed by atoms with Gasteiger partial charge >= 0.3 is 18.7 Å². The topological polar surface area (TPSA) is 156 Å². The molecule has 0 saturated heterocycles. The summed E-state index contributed by atoms with van der Waals surface area (Å²) in [7, 11) is -4.10. The van der Waals surface area contributed by atoms with Crippen LogP contribution in [0.1, 0.15) is 12.8 Å². The fourth-order valence-electron chi connectivity index (χ4n) is 2.19. The largest absolute Gasteiger partial charge is 0.325 e. The third-order valence-corrected chi connectivity index (χ3v) is 4.15. The number of non-ortho nitro benzene ring substituents is 1. The van der Waals surface area contributed by atoms with Gasteiger partial charge in [0.25, 0.3) is 5.69 Å². The number of fused-ring (bicyclic) bond motifs is 1. The molecule has 1 aromatic carbocycles. The number of aromatic nitrogens is 2. The van der Waals surface area contributed by atoms with E-state index in [0.29, 0.717) is 5.52 Å². The summed E-state index contributed by atoms with van der Waals surface area (Å²) in [5.41, 5.74) is -1.48. The first-order chi connectivity index (χ1) is 10.7. The zero-order valence-corrected chi connectivity index (χ0v) is 12.7. The third-order valence-electron chi connectivity index (χ3n) is 3.25. The van der Waals surface area contributed by atoms with E-state index in [1.54, 1.807) is 0 Å². The molecule has 0 unspecified atom stereocenters. The van der Waals surface area contributed by atoms with Crippen molar-refractivity contribution < 1.29 is 19.3 Å². The van der Waals surface area contributed by atoms with E-state index in [-0.39, 0.29) is 36.8 Å². The normalized spacial score (nSPS) is 11.7. The molecular weight excluding hydrogens is 329 g/mol. The lowest BCUT2D eigenvalue weighted by atomic mass is 10.2. The molecule has 3 N–H and O–H groups in total. The summed E-state index contributed by atoms with van der Waals surface area (Å²) in [5.74, 6) is 0. The number of unbranched alkanes of at least 4 members (excludes halogenated alkanes) is 1. The van der Waals surface area contributed by atoms with Gasteiger partial charge in [0.05, 0.1) is 16.0 Å². The Morgan fingerprint density at radius 2 is 1.96 bits per heavy atom. The molecule has 1 aromatic heterocycles. The van der Waals surface area contributed by atoms with Gasteiger partial charge in [0.15, 0.2) is 0 Å². The van der Waals surface area contributed by atoms with Gasteiger partial charge in [-0.15, -0.1) is 0 Å². The molecule has 0 aliphatic rings. The minimum atomic E-state index is -4.10. The van der Waals surface area contributed by atoms with Gasteiger partial charge in [0.1, 0.15) is 0 Å². The average molecular weight is 343 g/mol. The van der Waals surface area contributed by atoms with Crippen molar-refractivity contribution in [3.8, 4) is 0 Å². The number of nitro benzene ring substituents is 1. The van der Waals surface area contributed by atoms with E-state index in [4.69, 9.17) is 9.79 Å². The van der Waals surface area contributed by atoms with E-state index in [2.05, 4.69) is 4.98 Å². The van der Waals surface area contributed by atoms with Crippen molar-refractivity contribution in [2.45, 2.75) is 19.4 Å². The molecule has 0 aliphatic carbocycles. The Morgan fingerprint density at radius 1 is 1.26 bits per heavy atom. The number of benzene rings is 1. The Hall–Kier alpha value is -2.29. The lowest BCUT2D eigenvalue weighted by Gasteiger charge is -2.09. The minimum Gasteiger partial charge on any atom is -0.324 e. The molecule has 10 nitrogen and oxygen atoms in total. The van der Waals surface area contributed by atoms with Crippen LogP contribution in [0.15, 0.2) is 27.8 Å². The quantitative estimate of drug-likeness (QED) is 0.227. The van der Waals surface area contributed by atoms with Crippen LogP contribution in [0, 0.1) is 10.1 Å². The van der Waals surface area contributed by atoms with E-state index in [1.165, 1.54) is 12.1 Å².